The smallest absolute Gasteiger partial charge is 0.259 e. The van der Waals surface area contributed by atoms with Crippen molar-refractivity contribution in [2.75, 3.05) is 39.4 Å². The zero-order valence-corrected chi connectivity index (χ0v) is 21.1. The molecule has 2 aromatic heterocycles. The minimum Gasteiger partial charge on any atom is -0.381 e. The summed E-state index contributed by atoms with van der Waals surface area (Å²) in [6.07, 6.45) is 4.69. The summed E-state index contributed by atoms with van der Waals surface area (Å²) in [5.74, 6) is -2.57. The first-order valence-electron chi connectivity index (χ1n) is 13.3. The van der Waals surface area contributed by atoms with Crippen molar-refractivity contribution in [1.29, 1.82) is 0 Å². The number of hydrogen-bond donors (Lipinski definition) is 1. The molecule has 198 valence electrons. The molecule has 3 aliphatic rings. The Kier molecular flexibility index (Phi) is 6.27. The fourth-order valence-electron chi connectivity index (χ4n) is 6.25. The maximum atomic E-state index is 13.7. The van der Waals surface area contributed by atoms with Crippen molar-refractivity contribution >= 4 is 27.7 Å². The highest BCUT2D eigenvalue weighted by molar-refractivity contribution is 6.07. The molecule has 0 spiro atoms. The minimum absolute atomic E-state index is 0.0282. The van der Waals surface area contributed by atoms with E-state index >= 15 is 0 Å². The summed E-state index contributed by atoms with van der Waals surface area (Å²) in [5, 5.41) is 5.91. The van der Waals surface area contributed by atoms with Crippen molar-refractivity contribution in [2.45, 2.75) is 63.5 Å². The second-order valence-corrected chi connectivity index (χ2v) is 10.8. The summed E-state index contributed by atoms with van der Waals surface area (Å²) in [6, 6.07) is 4.18. The van der Waals surface area contributed by atoms with Crippen molar-refractivity contribution in [1.82, 2.24) is 24.6 Å². The van der Waals surface area contributed by atoms with Gasteiger partial charge in [-0.1, -0.05) is 0 Å². The molecule has 3 saturated heterocycles. The quantitative estimate of drug-likeness (QED) is 0.575. The zero-order chi connectivity index (χ0) is 25.7. The van der Waals surface area contributed by atoms with E-state index in [9.17, 15) is 18.4 Å². The first kappa shape index (κ1) is 24.5. The van der Waals surface area contributed by atoms with E-state index in [1.165, 1.54) is 0 Å². The van der Waals surface area contributed by atoms with Crippen LogP contribution in [0.15, 0.2) is 23.1 Å². The predicted octanol–water partition coefficient (Wildman–Crippen LogP) is 3.87. The highest BCUT2D eigenvalue weighted by Gasteiger charge is 2.37. The third kappa shape index (κ3) is 4.54. The van der Waals surface area contributed by atoms with Gasteiger partial charge in [0.1, 0.15) is 0 Å². The summed E-state index contributed by atoms with van der Waals surface area (Å²) in [7, 11) is 0. The number of pyridine rings is 1. The van der Waals surface area contributed by atoms with E-state index in [-0.39, 0.29) is 36.4 Å². The summed E-state index contributed by atoms with van der Waals surface area (Å²) in [4.78, 5) is 33.5. The highest BCUT2D eigenvalue weighted by atomic mass is 19.3. The number of rotatable bonds is 3. The standard InChI is InChI=1S/C27H33F2N5O3/c1-17-14-23-21(24-22(25(35)31-23)16-30-34(24)19-4-12-37-13-5-19)15-20(17)26(36)33-8-2-18(3-9-33)32-10-6-27(28,29)7-11-32/h14-16,18-19H,2-13H2,1H3,(H,31,35). The zero-order valence-electron chi connectivity index (χ0n) is 21.1. The third-order valence-electron chi connectivity index (χ3n) is 8.47. The van der Waals surface area contributed by atoms with Gasteiger partial charge in [-0.15, -0.1) is 0 Å². The molecule has 0 saturated carbocycles. The number of H-pyrrole nitrogens is 1. The van der Waals surface area contributed by atoms with E-state index in [0.717, 1.165) is 42.1 Å². The molecule has 0 radical (unpaired) electrons. The molecular formula is C27H33F2N5O3. The number of ether oxygens (including phenoxy) is 1. The average molecular weight is 514 g/mol. The number of benzene rings is 1. The number of nitrogens with zero attached hydrogens (tertiary/aromatic N) is 4. The van der Waals surface area contributed by atoms with E-state index in [4.69, 9.17) is 4.74 Å². The van der Waals surface area contributed by atoms with E-state index < -0.39 is 5.92 Å². The molecule has 3 fully saturated rings. The Morgan fingerprint density at radius 3 is 2.43 bits per heavy atom. The van der Waals surface area contributed by atoms with Gasteiger partial charge in [0.05, 0.1) is 28.7 Å². The molecule has 10 heteroatoms. The molecule has 6 rings (SSSR count). The van der Waals surface area contributed by atoms with Gasteiger partial charge in [0, 0.05) is 69.2 Å². The van der Waals surface area contributed by atoms with Gasteiger partial charge < -0.3 is 14.6 Å². The molecule has 1 amide bonds. The lowest BCUT2D eigenvalue weighted by molar-refractivity contribution is -0.0668. The van der Waals surface area contributed by atoms with Crippen molar-refractivity contribution < 1.29 is 18.3 Å². The van der Waals surface area contributed by atoms with Gasteiger partial charge in [-0.3, -0.25) is 19.2 Å². The Bertz CT molecular complexity index is 1380. The highest BCUT2D eigenvalue weighted by Crippen LogP contribution is 2.32. The molecule has 8 nitrogen and oxygen atoms in total. The van der Waals surface area contributed by atoms with Crippen LogP contribution in [0.3, 0.4) is 0 Å². The monoisotopic (exact) mass is 513 g/mol. The molecule has 3 aliphatic heterocycles. The number of hydrogen-bond acceptors (Lipinski definition) is 5. The molecule has 1 N–H and O–H groups in total. The number of likely N-dealkylation sites (tertiary alicyclic amines) is 2. The lowest BCUT2D eigenvalue weighted by Crippen LogP contribution is -2.50. The number of amides is 1. The lowest BCUT2D eigenvalue weighted by atomic mass is 9.97. The predicted molar refractivity (Wildman–Crippen MR) is 136 cm³/mol. The van der Waals surface area contributed by atoms with Crippen LogP contribution in [0.25, 0.3) is 21.8 Å². The summed E-state index contributed by atoms with van der Waals surface area (Å²) in [5.41, 5.74) is 2.71. The van der Waals surface area contributed by atoms with Crippen molar-refractivity contribution in [2.24, 2.45) is 0 Å². The largest absolute Gasteiger partial charge is 0.381 e. The number of halogens is 2. The van der Waals surface area contributed by atoms with Crippen molar-refractivity contribution in [3.63, 3.8) is 0 Å². The molecule has 37 heavy (non-hydrogen) atoms. The van der Waals surface area contributed by atoms with Gasteiger partial charge in [0.2, 0.25) is 0 Å². The van der Waals surface area contributed by atoms with Crippen molar-refractivity contribution in [3.8, 4) is 0 Å². The van der Waals surface area contributed by atoms with Gasteiger partial charge in [0.25, 0.3) is 17.4 Å². The molecule has 0 atom stereocenters. The SMILES string of the molecule is Cc1cc2[nH]c(=O)c3cnn(C4CCOCC4)c3c2cc1C(=O)N1CCC(N2CCC(F)(F)CC2)CC1. The molecule has 0 aliphatic carbocycles. The van der Waals surface area contributed by atoms with Crippen molar-refractivity contribution in [3.05, 3.63) is 39.8 Å². The number of piperidine rings is 2. The second kappa shape index (κ2) is 9.47. The molecule has 5 heterocycles. The van der Waals surface area contributed by atoms with E-state index in [2.05, 4.69) is 15.0 Å². The normalized spacial score (nSPS) is 22.2. The molecular weight excluding hydrogens is 480 g/mol. The topological polar surface area (TPSA) is 83.5 Å². The third-order valence-corrected chi connectivity index (χ3v) is 8.47. The minimum atomic E-state index is -2.55. The van der Waals surface area contributed by atoms with Crippen LogP contribution in [0.4, 0.5) is 8.78 Å². The number of carbonyl (C=O) groups is 1. The molecule has 0 bridgehead atoms. The fourth-order valence-corrected chi connectivity index (χ4v) is 6.25. The van der Waals surface area contributed by atoms with Gasteiger partial charge >= 0.3 is 0 Å². The number of fused-ring (bicyclic) bond motifs is 3. The van der Waals surface area contributed by atoms with Crippen LogP contribution in [0.1, 0.15) is 60.5 Å². The Hall–Kier alpha value is -2.85. The Morgan fingerprint density at radius 1 is 1.03 bits per heavy atom. The summed E-state index contributed by atoms with van der Waals surface area (Å²) in [6.45, 7) is 5.27. The first-order chi connectivity index (χ1) is 17.8. The lowest BCUT2D eigenvalue weighted by Gasteiger charge is -2.41. The number of aryl methyl sites for hydroxylation is 1. The molecule has 1 aromatic carbocycles. The summed E-state index contributed by atoms with van der Waals surface area (Å²) >= 11 is 0. The van der Waals surface area contributed by atoms with Gasteiger partial charge in [-0.25, -0.2) is 8.78 Å². The number of carbonyl (C=O) groups excluding carboxylic acids is 1. The molecule has 3 aromatic rings. The Morgan fingerprint density at radius 2 is 1.73 bits per heavy atom. The average Bonchev–Trinajstić information content (AvgIpc) is 3.35. The van der Waals surface area contributed by atoms with Crippen LogP contribution in [0, 0.1) is 6.92 Å². The van der Waals surface area contributed by atoms with Crippen LogP contribution >= 0.6 is 0 Å². The van der Waals surface area contributed by atoms with E-state index in [1.54, 1.807) is 6.20 Å². The number of nitrogens with one attached hydrogen (secondary N) is 1. The summed E-state index contributed by atoms with van der Waals surface area (Å²) < 4.78 is 34.6. The van der Waals surface area contributed by atoms with Crippen LogP contribution in [0.2, 0.25) is 0 Å². The Balaban J connectivity index is 1.27. The maximum Gasteiger partial charge on any atom is 0.259 e. The van der Waals surface area contributed by atoms with Gasteiger partial charge in [-0.2, -0.15) is 5.10 Å². The second-order valence-electron chi connectivity index (χ2n) is 10.8. The van der Waals surface area contributed by atoms with Crippen LogP contribution in [-0.4, -0.2) is 81.8 Å². The van der Waals surface area contributed by atoms with Crippen LogP contribution in [-0.2, 0) is 4.74 Å². The Labute approximate surface area is 213 Å². The number of aromatic nitrogens is 3. The van der Waals surface area contributed by atoms with Gasteiger partial charge in [0.15, 0.2) is 0 Å². The number of aromatic amines is 1. The van der Waals surface area contributed by atoms with Gasteiger partial charge in [-0.05, 0) is 50.3 Å². The van der Waals surface area contributed by atoms with Crippen LogP contribution in [0.5, 0.6) is 0 Å². The van der Waals surface area contributed by atoms with E-state index in [0.29, 0.717) is 55.9 Å². The van der Waals surface area contributed by atoms with Crippen LogP contribution < -0.4 is 5.56 Å². The van der Waals surface area contributed by atoms with E-state index in [1.807, 2.05) is 28.6 Å². The maximum absolute atomic E-state index is 13.7. The molecule has 0 unspecified atom stereocenters. The first-order valence-corrected chi connectivity index (χ1v) is 13.3. The number of alkyl halides is 2. The fraction of sp³-hybridized carbons (Fsp3) is 0.593.